The van der Waals surface area contributed by atoms with Crippen molar-refractivity contribution in [1.82, 2.24) is 15.1 Å². The first-order valence-electron chi connectivity index (χ1n) is 7.08. The Morgan fingerprint density at radius 1 is 1.42 bits per heavy atom. The maximum Gasteiger partial charge on any atom is 0.0847 e. The molecule has 1 heterocycles. The van der Waals surface area contributed by atoms with E-state index in [1.165, 1.54) is 0 Å². The van der Waals surface area contributed by atoms with Crippen molar-refractivity contribution in [1.29, 1.82) is 0 Å². The Balaban J connectivity index is 2.62. The van der Waals surface area contributed by atoms with Crippen molar-refractivity contribution in [3.8, 4) is 0 Å². The maximum atomic E-state index is 6.32. The van der Waals surface area contributed by atoms with Crippen LogP contribution in [0.2, 0.25) is 5.02 Å². The molecule has 0 aliphatic carbocycles. The fraction of sp³-hybridized carbons (Fsp3) is 0.786. The normalized spacial score (nSPS) is 12.9. The van der Waals surface area contributed by atoms with Gasteiger partial charge in [0.25, 0.3) is 0 Å². The number of nitrogens with one attached hydrogen (secondary N) is 1. The first-order valence-corrected chi connectivity index (χ1v) is 7.45. The number of hydrogen-bond donors (Lipinski definition) is 1. The van der Waals surface area contributed by atoms with Gasteiger partial charge in [-0.25, -0.2) is 0 Å². The Bertz CT molecular complexity index is 379. The molecule has 110 valence electrons. The van der Waals surface area contributed by atoms with E-state index in [0.29, 0.717) is 6.04 Å². The van der Waals surface area contributed by atoms with Gasteiger partial charge in [0, 0.05) is 19.7 Å². The lowest BCUT2D eigenvalue weighted by Crippen LogP contribution is -2.34. The number of rotatable bonds is 9. The molecule has 1 rings (SSSR count). The Morgan fingerprint density at radius 3 is 2.74 bits per heavy atom. The molecule has 0 aliphatic heterocycles. The van der Waals surface area contributed by atoms with Gasteiger partial charge in [0.2, 0.25) is 0 Å². The van der Waals surface area contributed by atoms with Crippen molar-refractivity contribution < 1.29 is 4.74 Å². The standard InChI is InChI=1S/C14H26ClN3O/c1-5-9-16-12(10-19-4)7-8-13-14(15)11(3)17-18(13)6-2/h12,16H,5-10H2,1-4H3. The molecule has 1 aromatic heterocycles. The summed E-state index contributed by atoms with van der Waals surface area (Å²) in [5.74, 6) is 0. The highest BCUT2D eigenvalue weighted by Gasteiger charge is 2.15. The monoisotopic (exact) mass is 287 g/mol. The summed E-state index contributed by atoms with van der Waals surface area (Å²) in [4.78, 5) is 0. The molecule has 0 aliphatic rings. The van der Waals surface area contributed by atoms with Gasteiger partial charge in [-0.05, 0) is 39.7 Å². The highest BCUT2D eigenvalue weighted by atomic mass is 35.5. The summed E-state index contributed by atoms with van der Waals surface area (Å²) in [6.45, 7) is 8.84. The number of methoxy groups -OCH3 is 1. The predicted octanol–water partition coefficient (Wildman–Crippen LogP) is 2.81. The zero-order chi connectivity index (χ0) is 14.3. The van der Waals surface area contributed by atoms with Crippen LogP contribution in [0.15, 0.2) is 0 Å². The van der Waals surface area contributed by atoms with E-state index in [4.69, 9.17) is 16.3 Å². The van der Waals surface area contributed by atoms with Crippen LogP contribution in [0.5, 0.6) is 0 Å². The van der Waals surface area contributed by atoms with Crippen molar-refractivity contribution in [2.45, 2.75) is 52.6 Å². The number of nitrogens with zero attached hydrogens (tertiary/aromatic N) is 2. The molecule has 0 bridgehead atoms. The van der Waals surface area contributed by atoms with Gasteiger partial charge in [-0.15, -0.1) is 0 Å². The van der Waals surface area contributed by atoms with E-state index >= 15 is 0 Å². The van der Waals surface area contributed by atoms with Crippen molar-refractivity contribution in [2.75, 3.05) is 20.3 Å². The van der Waals surface area contributed by atoms with Gasteiger partial charge < -0.3 is 10.1 Å². The topological polar surface area (TPSA) is 39.1 Å². The Morgan fingerprint density at radius 2 is 2.16 bits per heavy atom. The van der Waals surface area contributed by atoms with Crippen molar-refractivity contribution in [2.24, 2.45) is 0 Å². The molecular formula is C14H26ClN3O. The summed E-state index contributed by atoms with van der Waals surface area (Å²) in [5, 5.41) is 8.77. The Kier molecular flexibility index (Phi) is 7.42. The van der Waals surface area contributed by atoms with Crippen molar-refractivity contribution in [3.05, 3.63) is 16.4 Å². The molecular weight excluding hydrogens is 262 g/mol. The van der Waals surface area contributed by atoms with Crippen LogP contribution in [0.3, 0.4) is 0 Å². The second-order valence-electron chi connectivity index (χ2n) is 4.81. The summed E-state index contributed by atoms with van der Waals surface area (Å²) >= 11 is 6.32. The Labute approximate surface area is 121 Å². The van der Waals surface area contributed by atoms with Crippen LogP contribution in [-0.4, -0.2) is 36.1 Å². The van der Waals surface area contributed by atoms with E-state index in [0.717, 1.165) is 55.4 Å². The third kappa shape index (κ3) is 4.79. The summed E-state index contributed by atoms with van der Waals surface area (Å²) in [7, 11) is 1.74. The molecule has 0 radical (unpaired) electrons. The average molecular weight is 288 g/mol. The molecule has 1 unspecified atom stereocenters. The molecule has 1 aromatic rings. The molecule has 5 heteroatoms. The van der Waals surface area contributed by atoms with E-state index in [1.807, 2.05) is 11.6 Å². The van der Waals surface area contributed by atoms with Crippen LogP contribution in [0, 0.1) is 6.92 Å². The quantitative estimate of drug-likeness (QED) is 0.759. The predicted molar refractivity (Wildman–Crippen MR) is 79.9 cm³/mol. The second kappa shape index (κ2) is 8.56. The van der Waals surface area contributed by atoms with Crippen LogP contribution >= 0.6 is 11.6 Å². The highest BCUT2D eigenvalue weighted by Crippen LogP contribution is 2.22. The molecule has 0 aromatic carbocycles. The molecule has 0 fully saturated rings. The molecule has 0 amide bonds. The van der Waals surface area contributed by atoms with Gasteiger partial charge in [-0.1, -0.05) is 18.5 Å². The Hall–Kier alpha value is -0.580. The van der Waals surface area contributed by atoms with Crippen molar-refractivity contribution in [3.63, 3.8) is 0 Å². The fourth-order valence-electron chi connectivity index (χ4n) is 2.21. The molecule has 0 saturated heterocycles. The summed E-state index contributed by atoms with van der Waals surface area (Å²) in [5.41, 5.74) is 2.06. The molecule has 1 N–H and O–H groups in total. The minimum absolute atomic E-state index is 0.376. The minimum atomic E-state index is 0.376. The smallest absolute Gasteiger partial charge is 0.0847 e. The second-order valence-corrected chi connectivity index (χ2v) is 5.18. The maximum absolute atomic E-state index is 6.32. The number of hydrogen-bond acceptors (Lipinski definition) is 3. The van der Waals surface area contributed by atoms with E-state index < -0.39 is 0 Å². The van der Waals surface area contributed by atoms with E-state index in [1.54, 1.807) is 7.11 Å². The summed E-state index contributed by atoms with van der Waals surface area (Å²) in [6, 6.07) is 0.376. The largest absolute Gasteiger partial charge is 0.383 e. The number of ether oxygens (including phenoxy) is 1. The summed E-state index contributed by atoms with van der Waals surface area (Å²) in [6.07, 6.45) is 3.07. The zero-order valence-corrected chi connectivity index (χ0v) is 13.3. The van der Waals surface area contributed by atoms with Crippen molar-refractivity contribution >= 4 is 11.6 Å². The first-order chi connectivity index (χ1) is 9.13. The minimum Gasteiger partial charge on any atom is -0.383 e. The van der Waals surface area contributed by atoms with E-state index in [9.17, 15) is 0 Å². The fourth-order valence-corrected chi connectivity index (χ4v) is 2.44. The molecule has 19 heavy (non-hydrogen) atoms. The van der Waals surface area contributed by atoms with Gasteiger partial charge in [0.05, 0.1) is 23.0 Å². The highest BCUT2D eigenvalue weighted by molar-refractivity contribution is 6.31. The lowest BCUT2D eigenvalue weighted by Gasteiger charge is -2.17. The first kappa shape index (κ1) is 16.5. The number of aromatic nitrogens is 2. The van der Waals surface area contributed by atoms with Gasteiger partial charge >= 0.3 is 0 Å². The van der Waals surface area contributed by atoms with Crippen LogP contribution in [0.25, 0.3) is 0 Å². The van der Waals surface area contributed by atoms with Crippen LogP contribution < -0.4 is 5.32 Å². The molecule has 4 nitrogen and oxygen atoms in total. The lowest BCUT2D eigenvalue weighted by molar-refractivity contribution is 0.162. The average Bonchev–Trinajstić information content (AvgIpc) is 2.68. The number of aryl methyl sites for hydroxylation is 2. The van der Waals surface area contributed by atoms with Gasteiger partial charge in [-0.3, -0.25) is 4.68 Å². The lowest BCUT2D eigenvalue weighted by atomic mass is 10.1. The van der Waals surface area contributed by atoms with E-state index in [-0.39, 0.29) is 0 Å². The van der Waals surface area contributed by atoms with Gasteiger partial charge in [0.15, 0.2) is 0 Å². The molecule has 0 saturated carbocycles. The van der Waals surface area contributed by atoms with Gasteiger partial charge in [-0.2, -0.15) is 5.10 Å². The number of halogens is 1. The van der Waals surface area contributed by atoms with E-state index in [2.05, 4.69) is 24.3 Å². The van der Waals surface area contributed by atoms with Crippen LogP contribution in [0.1, 0.15) is 38.1 Å². The third-order valence-corrected chi connectivity index (χ3v) is 3.72. The summed E-state index contributed by atoms with van der Waals surface area (Å²) < 4.78 is 7.26. The molecule has 1 atom stereocenters. The van der Waals surface area contributed by atoms with Crippen LogP contribution in [-0.2, 0) is 17.7 Å². The zero-order valence-electron chi connectivity index (χ0n) is 12.5. The van der Waals surface area contributed by atoms with Gasteiger partial charge in [0.1, 0.15) is 0 Å². The van der Waals surface area contributed by atoms with Crippen LogP contribution in [0.4, 0.5) is 0 Å². The third-order valence-electron chi connectivity index (χ3n) is 3.23. The SMILES string of the molecule is CCCNC(CCc1c(Cl)c(C)nn1CC)COC. The molecule has 0 spiro atoms.